The van der Waals surface area contributed by atoms with Gasteiger partial charge in [0, 0.05) is 30.9 Å². The summed E-state index contributed by atoms with van der Waals surface area (Å²) in [6.45, 7) is 2.77. The Hall–Kier alpha value is -0.970. The maximum Gasteiger partial charge on any atom is 0.167 e. The molecule has 3 heterocycles. The zero-order chi connectivity index (χ0) is 13.6. The molecule has 0 radical (unpaired) electrons. The van der Waals surface area contributed by atoms with Crippen LogP contribution in [0.2, 0.25) is 0 Å². The number of hydrogen-bond acceptors (Lipinski definition) is 4. The van der Waals surface area contributed by atoms with Crippen molar-refractivity contribution < 1.29 is 14.6 Å². The normalized spacial score (nSPS) is 29.7. The molecule has 1 aromatic rings. The van der Waals surface area contributed by atoms with Crippen molar-refractivity contribution in [2.45, 2.75) is 37.4 Å². The van der Waals surface area contributed by atoms with Gasteiger partial charge in [-0.05, 0) is 32.0 Å². The van der Waals surface area contributed by atoms with E-state index >= 15 is 0 Å². The molecule has 3 aliphatic heterocycles. The molecule has 0 unspecified atom stereocenters. The van der Waals surface area contributed by atoms with E-state index in [0.29, 0.717) is 11.7 Å². The number of para-hydroxylation sites is 1. The minimum Gasteiger partial charge on any atom is -0.504 e. The average Bonchev–Trinajstić information content (AvgIpc) is 2.50. The number of halogens is 1. The van der Waals surface area contributed by atoms with Crippen molar-refractivity contribution in [3.8, 4) is 11.5 Å². The summed E-state index contributed by atoms with van der Waals surface area (Å²) in [4.78, 5) is 0. The first-order valence-electron chi connectivity index (χ1n) is 7.63. The Bertz CT molecular complexity index is 516. The van der Waals surface area contributed by atoms with Crippen molar-refractivity contribution in [2.75, 3.05) is 19.7 Å². The highest BCUT2D eigenvalue weighted by Crippen LogP contribution is 2.54. The van der Waals surface area contributed by atoms with Crippen LogP contribution >= 0.6 is 12.4 Å². The van der Waals surface area contributed by atoms with Crippen molar-refractivity contribution in [3.05, 3.63) is 23.8 Å². The first-order valence-corrected chi connectivity index (χ1v) is 7.63. The minimum absolute atomic E-state index is 0. The van der Waals surface area contributed by atoms with Gasteiger partial charge in [-0.3, -0.25) is 0 Å². The van der Waals surface area contributed by atoms with Crippen LogP contribution in [0.15, 0.2) is 18.2 Å². The topological polar surface area (TPSA) is 50.7 Å². The number of rotatable bonds is 0. The molecule has 0 amide bonds. The zero-order valence-corrected chi connectivity index (χ0v) is 12.8. The van der Waals surface area contributed by atoms with E-state index in [1.165, 1.54) is 0 Å². The molecular weight excluding hydrogens is 290 g/mol. The smallest absolute Gasteiger partial charge is 0.167 e. The lowest BCUT2D eigenvalue weighted by molar-refractivity contribution is -0.141. The van der Waals surface area contributed by atoms with Gasteiger partial charge in [0.1, 0.15) is 5.60 Å². The third-order valence-electron chi connectivity index (χ3n) is 5.08. The fourth-order valence-corrected chi connectivity index (χ4v) is 4.11. The summed E-state index contributed by atoms with van der Waals surface area (Å²) in [5, 5.41) is 13.6. The van der Waals surface area contributed by atoms with E-state index in [1.807, 2.05) is 12.1 Å². The van der Waals surface area contributed by atoms with E-state index in [0.717, 1.165) is 50.9 Å². The molecule has 4 rings (SSSR count). The molecule has 116 valence electrons. The summed E-state index contributed by atoms with van der Waals surface area (Å²) in [5.41, 5.74) is 0.862. The maximum absolute atomic E-state index is 10.2. The van der Waals surface area contributed by atoms with Crippen LogP contribution in [-0.4, -0.2) is 30.4 Å². The van der Waals surface area contributed by atoms with Gasteiger partial charge in [-0.1, -0.05) is 12.1 Å². The molecule has 21 heavy (non-hydrogen) atoms. The van der Waals surface area contributed by atoms with Crippen molar-refractivity contribution in [2.24, 2.45) is 5.92 Å². The molecule has 0 bridgehead atoms. The van der Waals surface area contributed by atoms with Crippen LogP contribution in [0, 0.1) is 5.92 Å². The predicted molar refractivity (Wildman–Crippen MR) is 82.2 cm³/mol. The maximum atomic E-state index is 10.2. The lowest BCUT2D eigenvalue weighted by Crippen LogP contribution is -2.56. The van der Waals surface area contributed by atoms with Gasteiger partial charge in [0.25, 0.3) is 0 Å². The molecule has 0 aromatic heterocycles. The van der Waals surface area contributed by atoms with Gasteiger partial charge in [0.15, 0.2) is 11.5 Å². The number of nitrogens with one attached hydrogen (secondary N) is 1. The van der Waals surface area contributed by atoms with E-state index in [1.54, 1.807) is 6.07 Å². The Balaban J connectivity index is 0.00000132. The molecule has 3 aliphatic rings. The van der Waals surface area contributed by atoms with Crippen LogP contribution in [-0.2, 0) is 4.74 Å². The Morgan fingerprint density at radius 1 is 1.24 bits per heavy atom. The standard InChI is InChI=1S/C16H21NO3.ClH/c18-13-5-1-3-11-14-12(4-2-10-19-14)16(20-15(11)13)6-8-17-9-7-16;/h1,3,5,12,14,17-18H,2,4,6-10H2;1H/t12-,14+;/m1./s1. The molecule has 2 N–H and O–H groups in total. The van der Waals surface area contributed by atoms with E-state index in [-0.39, 0.29) is 29.9 Å². The second-order valence-corrected chi connectivity index (χ2v) is 6.15. The first kappa shape index (κ1) is 14.9. The van der Waals surface area contributed by atoms with Crippen molar-refractivity contribution in [3.63, 3.8) is 0 Å². The number of aromatic hydroxyl groups is 1. The van der Waals surface area contributed by atoms with Crippen molar-refractivity contribution in [1.82, 2.24) is 5.32 Å². The molecule has 4 nitrogen and oxygen atoms in total. The minimum atomic E-state index is -0.165. The van der Waals surface area contributed by atoms with E-state index in [2.05, 4.69) is 5.32 Å². The monoisotopic (exact) mass is 311 g/mol. The van der Waals surface area contributed by atoms with Gasteiger partial charge in [-0.15, -0.1) is 12.4 Å². The third kappa shape index (κ3) is 2.30. The molecule has 1 aromatic carbocycles. The van der Waals surface area contributed by atoms with Gasteiger partial charge in [-0.2, -0.15) is 0 Å². The van der Waals surface area contributed by atoms with Gasteiger partial charge in [-0.25, -0.2) is 0 Å². The molecule has 1 spiro atoms. The highest BCUT2D eigenvalue weighted by Gasteiger charge is 2.52. The van der Waals surface area contributed by atoms with Crippen LogP contribution in [0.3, 0.4) is 0 Å². The summed E-state index contributed by atoms with van der Waals surface area (Å²) in [5.74, 6) is 1.30. The summed E-state index contributed by atoms with van der Waals surface area (Å²) >= 11 is 0. The number of phenols is 1. The van der Waals surface area contributed by atoms with E-state index in [9.17, 15) is 5.11 Å². The highest BCUT2D eigenvalue weighted by atomic mass is 35.5. The lowest BCUT2D eigenvalue weighted by Gasteiger charge is -2.52. The first-order chi connectivity index (χ1) is 9.80. The summed E-state index contributed by atoms with van der Waals surface area (Å²) in [6, 6.07) is 5.62. The average molecular weight is 312 g/mol. The highest BCUT2D eigenvalue weighted by molar-refractivity contribution is 5.85. The Morgan fingerprint density at radius 3 is 2.86 bits per heavy atom. The van der Waals surface area contributed by atoms with Crippen LogP contribution in [0.5, 0.6) is 11.5 Å². The summed E-state index contributed by atoms with van der Waals surface area (Å²) < 4.78 is 12.5. The van der Waals surface area contributed by atoms with Crippen LogP contribution in [0.1, 0.15) is 37.4 Å². The van der Waals surface area contributed by atoms with Crippen molar-refractivity contribution in [1.29, 1.82) is 0 Å². The zero-order valence-electron chi connectivity index (χ0n) is 12.0. The molecule has 2 fully saturated rings. The fraction of sp³-hybridized carbons (Fsp3) is 0.625. The number of fused-ring (bicyclic) bond motifs is 4. The Morgan fingerprint density at radius 2 is 2.05 bits per heavy atom. The van der Waals surface area contributed by atoms with E-state index < -0.39 is 0 Å². The third-order valence-corrected chi connectivity index (χ3v) is 5.08. The van der Waals surface area contributed by atoms with Crippen LogP contribution in [0.25, 0.3) is 0 Å². The largest absolute Gasteiger partial charge is 0.504 e. The van der Waals surface area contributed by atoms with Gasteiger partial charge in [0.05, 0.1) is 6.10 Å². The molecule has 5 heteroatoms. The SMILES string of the molecule is Cl.Oc1cccc2c1OC1(CCNCC1)[C@@H]1CCCO[C@@H]21. The number of phenolic OH excluding ortho intramolecular Hbond substituents is 1. The quantitative estimate of drug-likeness (QED) is 0.773. The molecule has 0 saturated carbocycles. The summed E-state index contributed by atoms with van der Waals surface area (Å²) in [7, 11) is 0. The second-order valence-electron chi connectivity index (χ2n) is 6.15. The number of benzene rings is 1. The molecule has 2 atom stereocenters. The van der Waals surface area contributed by atoms with E-state index in [4.69, 9.17) is 9.47 Å². The van der Waals surface area contributed by atoms with Gasteiger partial charge < -0.3 is 19.9 Å². The van der Waals surface area contributed by atoms with Gasteiger partial charge in [0.2, 0.25) is 0 Å². The Labute approximate surface area is 131 Å². The predicted octanol–water partition coefficient (Wildman–Crippen LogP) is 2.80. The molecule has 0 aliphatic carbocycles. The van der Waals surface area contributed by atoms with Gasteiger partial charge >= 0.3 is 0 Å². The number of hydrogen-bond donors (Lipinski definition) is 2. The number of piperidine rings is 1. The second kappa shape index (κ2) is 5.67. The summed E-state index contributed by atoms with van der Waals surface area (Å²) in [6.07, 6.45) is 4.32. The lowest BCUT2D eigenvalue weighted by atomic mass is 9.70. The fourth-order valence-electron chi connectivity index (χ4n) is 4.11. The Kier molecular flexibility index (Phi) is 4.04. The van der Waals surface area contributed by atoms with Crippen LogP contribution in [0.4, 0.5) is 0 Å². The number of ether oxygens (including phenoxy) is 2. The van der Waals surface area contributed by atoms with Crippen molar-refractivity contribution >= 4 is 12.4 Å². The van der Waals surface area contributed by atoms with Crippen LogP contribution < -0.4 is 10.1 Å². The molecular formula is C16H22ClNO3. The molecule has 2 saturated heterocycles.